The van der Waals surface area contributed by atoms with E-state index in [2.05, 4.69) is 5.32 Å². The summed E-state index contributed by atoms with van der Waals surface area (Å²) in [6.07, 6.45) is 1.15. The first-order valence-electron chi connectivity index (χ1n) is 5.58. The Bertz CT molecular complexity index is 171. The van der Waals surface area contributed by atoms with Crippen LogP contribution in [0.3, 0.4) is 0 Å². The van der Waals surface area contributed by atoms with Crippen LogP contribution in [0.15, 0.2) is 0 Å². The minimum atomic E-state index is -0.458. The molecule has 0 bridgehead atoms. The highest BCUT2D eigenvalue weighted by Crippen LogP contribution is 2.02. The number of aliphatic hydroxyl groups excluding tert-OH is 1. The van der Waals surface area contributed by atoms with Gasteiger partial charge in [0, 0.05) is 13.2 Å². The Hall–Kier alpha value is -0.610. The largest absolute Gasteiger partial charge is 0.391 e. The van der Waals surface area contributed by atoms with Gasteiger partial charge in [-0.15, -0.1) is 0 Å². The van der Waals surface area contributed by atoms with Crippen LogP contribution < -0.4 is 5.32 Å². The van der Waals surface area contributed by atoms with Crippen molar-refractivity contribution in [3.05, 3.63) is 0 Å². The summed E-state index contributed by atoms with van der Waals surface area (Å²) in [7, 11) is 0. The monoisotopic (exact) mass is 217 g/mol. The minimum Gasteiger partial charge on any atom is -0.391 e. The molecule has 0 aromatic heterocycles. The van der Waals surface area contributed by atoms with E-state index in [1.165, 1.54) is 0 Å². The predicted molar refractivity (Wildman–Crippen MR) is 59.6 cm³/mol. The second-order valence-corrected chi connectivity index (χ2v) is 4.14. The molecule has 2 N–H and O–H groups in total. The molecule has 0 spiro atoms. The third kappa shape index (κ3) is 9.69. The molecule has 0 aromatic carbocycles. The van der Waals surface area contributed by atoms with Gasteiger partial charge in [0.2, 0.25) is 5.91 Å². The van der Waals surface area contributed by atoms with Crippen molar-refractivity contribution in [2.75, 3.05) is 19.8 Å². The molecule has 90 valence electrons. The van der Waals surface area contributed by atoms with Crippen LogP contribution in [-0.2, 0) is 9.53 Å². The van der Waals surface area contributed by atoms with Crippen LogP contribution in [0.1, 0.15) is 33.6 Å². The van der Waals surface area contributed by atoms with E-state index in [1.807, 2.05) is 20.8 Å². The maximum absolute atomic E-state index is 11.2. The SMILES string of the molecule is CCCOCC(=O)NCC(O)CC(C)C. The molecular weight excluding hydrogens is 194 g/mol. The summed E-state index contributed by atoms with van der Waals surface area (Å²) in [5.41, 5.74) is 0. The van der Waals surface area contributed by atoms with Gasteiger partial charge in [-0.25, -0.2) is 0 Å². The Balaban J connectivity index is 3.44. The van der Waals surface area contributed by atoms with Gasteiger partial charge in [-0.1, -0.05) is 20.8 Å². The Labute approximate surface area is 92.0 Å². The molecule has 0 aliphatic carbocycles. The summed E-state index contributed by atoms with van der Waals surface area (Å²) in [6.45, 7) is 7.06. The molecule has 0 fully saturated rings. The van der Waals surface area contributed by atoms with E-state index in [-0.39, 0.29) is 12.5 Å². The molecular formula is C11H23NO3. The van der Waals surface area contributed by atoms with Crippen LogP contribution in [-0.4, -0.2) is 36.9 Å². The summed E-state index contributed by atoms with van der Waals surface area (Å²) >= 11 is 0. The van der Waals surface area contributed by atoms with Gasteiger partial charge in [0.05, 0.1) is 6.10 Å². The van der Waals surface area contributed by atoms with Crippen molar-refractivity contribution in [1.29, 1.82) is 0 Å². The smallest absolute Gasteiger partial charge is 0.246 e. The fraction of sp³-hybridized carbons (Fsp3) is 0.909. The predicted octanol–water partition coefficient (Wildman–Crippen LogP) is 0.936. The number of amides is 1. The number of rotatable bonds is 8. The molecule has 1 unspecified atom stereocenters. The molecule has 4 heteroatoms. The Morgan fingerprint density at radius 3 is 2.67 bits per heavy atom. The van der Waals surface area contributed by atoms with Gasteiger partial charge in [-0.05, 0) is 18.8 Å². The summed E-state index contributed by atoms with van der Waals surface area (Å²) < 4.78 is 5.06. The van der Waals surface area contributed by atoms with E-state index in [1.54, 1.807) is 0 Å². The zero-order valence-electron chi connectivity index (χ0n) is 9.95. The lowest BCUT2D eigenvalue weighted by Crippen LogP contribution is -2.35. The zero-order valence-corrected chi connectivity index (χ0v) is 9.95. The quantitative estimate of drug-likeness (QED) is 0.595. The maximum Gasteiger partial charge on any atom is 0.246 e. The number of hydrogen-bond donors (Lipinski definition) is 2. The highest BCUT2D eigenvalue weighted by atomic mass is 16.5. The second kappa shape index (κ2) is 8.68. The van der Waals surface area contributed by atoms with E-state index in [0.717, 1.165) is 6.42 Å². The summed E-state index contributed by atoms with van der Waals surface area (Å²) in [6, 6.07) is 0. The molecule has 0 rings (SSSR count). The number of carbonyl (C=O) groups excluding carboxylic acids is 1. The summed E-state index contributed by atoms with van der Waals surface area (Å²) in [4.78, 5) is 11.2. The van der Waals surface area contributed by atoms with Crippen LogP contribution in [0.4, 0.5) is 0 Å². The fourth-order valence-corrected chi connectivity index (χ4v) is 1.22. The minimum absolute atomic E-state index is 0.0856. The highest BCUT2D eigenvalue weighted by Gasteiger charge is 2.08. The fourth-order valence-electron chi connectivity index (χ4n) is 1.22. The molecule has 15 heavy (non-hydrogen) atoms. The van der Waals surface area contributed by atoms with Gasteiger partial charge < -0.3 is 15.2 Å². The van der Waals surface area contributed by atoms with Crippen molar-refractivity contribution < 1.29 is 14.6 Å². The van der Waals surface area contributed by atoms with E-state index in [0.29, 0.717) is 25.5 Å². The van der Waals surface area contributed by atoms with E-state index < -0.39 is 6.10 Å². The lowest BCUT2D eigenvalue weighted by Gasteiger charge is -2.13. The zero-order chi connectivity index (χ0) is 11.7. The Morgan fingerprint density at radius 1 is 1.47 bits per heavy atom. The number of aliphatic hydroxyl groups is 1. The van der Waals surface area contributed by atoms with Crippen molar-refractivity contribution in [2.45, 2.75) is 39.7 Å². The van der Waals surface area contributed by atoms with E-state index in [9.17, 15) is 9.90 Å². The molecule has 0 aliphatic rings. The normalized spacial score (nSPS) is 12.9. The number of hydrogen-bond acceptors (Lipinski definition) is 3. The van der Waals surface area contributed by atoms with E-state index >= 15 is 0 Å². The van der Waals surface area contributed by atoms with E-state index in [4.69, 9.17) is 4.74 Å². The molecule has 1 amide bonds. The first-order valence-corrected chi connectivity index (χ1v) is 5.58. The Kier molecular flexibility index (Phi) is 8.33. The lowest BCUT2D eigenvalue weighted by molar-refractivity contribution is -0.126. The third-order valence-electron chi connectivity index (χ3n) is 1.86. The summed E-state index contributed by atoms with van der Waals surface area (Å²) in [5.74, 6) is 0.277. The number of carbonyl (C=O) groups is 1. The van der Waals surface area contributed by atoms with Gasteiger partial charge in [0.15, 0.2) is 0 Å². The van der Waals surface area contributed by atoms with Crippen LogP contribution >= 0.6 is 0 Å². The average molecular weight is 217 g/mol. The Morgan fingerprint density at radius 2 is 2.13 bits per heavy atom. The van der Waals surface area contributed by atoms with Crippen molar-refractivity contribution in [2.24, 2.45) is 5.92 Å². The van der Waals surface area contributed by atoms with Gasteiger partial charge in [0.25, 0.3) is 0 Å². The van der Waals surface area contributed by atoms with Crippen molar-refractivity contribution in [3.8, 4) is 0 Å². The van der Waals surface area contributed by atoms with Gasteiger partial charge >= 0.3 is 0 Å². The highest BCUT2D eigenvalue weighted by molar-refractivity contribution is 5.77. The van der Waals surface area contributed by atoms with Gasteiger partial charge in [-0.2, -0.15) is 0 Å². The second-order valence-electron chi connectivity index (χ2n) is 4.14. The molecule has 0 heterocycles. The van der Waals surface area contributed by atoms with Gasteiger partial charge in [0.1, 0.15) is 6.61 Å². The van der Waals surface area contributed by atoms with Crippen LogP contribution in [0, 0.1) is 5.92 Å². The van der Waals surface area contributed by atoms with Gasteiger partial charge in [-0.3, -0.25) is 4.79 Å². The first kappa shape index (κ1) is 14.4. The van der Waals surface area contributed by atoms with Crippen molar-refractivity contribution >= 4 is 5.91 Å². The number of nitrogens with one attached hydrogen (secondary N) is 1. The molecule has 1 atom stereocenters. The number of ether oxygens (including phenoxy) is 1. The van der Waals surface area contributed by atoms with Crippen molar-refractivity contribution in [3.63, 3.8) is 0 Å². The first-order chi connectivity index (χ1) is 7.06. The molecule has 0 saturated heterocycles. The third-order valence-corrected chi connectivity index (χ3v) is 1.86. The van der Waals surface area contributed by atoms with Crippen LogP contribution in [0.25, 0.3) is 0 Å². The van der Waals surface area contributed by atoms with Crippen LogP contribution in [0.2, 0.25) is 0 Å². The molecule has 0 radical (unpaired) electrons. The van der Waals surface area contributed by atoms with Crippen LogP contribution in [0.5, 0.6) is 0 Å². The molecule has 0 saturated carbocycles. The lowest BCUT2D eigenvalue weighted by atomic mass is 10.1. The summed E-state index contributed by atoms with van der Waals surface area (Å²) in [5, 5.41) is 12.1. The molecule has 0 aromatic rings. The molecule has 4 nitrogen and oxygen atoms in total. The standard InChI is InChI=1S/C11H23NO3/c1-4-5-15-8-11(14)12-7-10(13)6-9(2)3/h9-10,13H,4-8H2,1-3H3,(H,12,14). The molecule has 0 aliphatic heterocycles. The van der Waals surface area contributed by atoms with Crippen molar-refractivity contribution in [1.82, 2.24) is 5.32 Å². The average Bonchev–Trinajstić information content (AvgIpc) is 2.14. The maximum atomic E-state index is 11.2. The topological polar surface area (TPSA) is 58.6 Å².